The lowest BCUT2D eigenvalue weighted by Gasteiger charge is -2.02. The summed E-state index contributed by atoms with van der Waals surface area (Å²) in [7, 11) is 2.81. The fourth-order valence-corrected chi connectivity index (χ4v) is 2.39. The van der Waals surface area contributed by atoms with Crippen molar-refractivity contribution in [3.8, 4) is 5.75 Å². The molecular formula is C13H11ClN4O3. The minimum Gasteiger partial charge on any atom is -0.497 e. The zero-order chi connectivity index (χ0) is 15.1. The lowest BCUT2D eigenvalue weighted by molar-refractivity contribution is 0.0595. The van der Waals surface area contributed by atoms with E-state index in [1.54, 1.807) is 25.3 Å². The molecule has 108 valence electrons. The first-order valence-corrected chi connectivity index (χ1v) is 6.30. The highest BCUT2D eigenvalue weighted by Gasteiger charge is 2.20. The van der Waals surface area contributed by atoms with E-state index < -0.39 is 5.97 Å². The van der Waals surface area contributed by atoms with Gasteiger partial charge in [-0.3, -0.25) is 0 Å². The molecule has 0 spiro atoms. The van der Waals surface area contributed by atoms with Crippen molar-refractivity contribution in [2.24, 2.45) is 0 Å². The van der Waals surface area contributed by atoms with Crippen molar-refractivity contribution in [2.45, 2.75) is 0 Å². The summed E-state index contributed by atoms with van der Waals surface area (Å²) >= 11 is 6.22. The van der Waals surface area contributed by atoms with E-state index >= 15 is 0 Å². The fraction of sp³-hybridized carbons (Fsp3) is 0.154. The van der Waals surface area contributed by atoms with Crippen LogP contribution in [0.2, 0.25) is 0 Å². The number of rotatable bonds is 2. The van der Waals surface area contributed by atoms with Gasteiger partial charge in [0, 0.05) is 17.2 Å². The number of nitrogen functional groups attached to an aromatic ring is 1. The smallest absolute Gasteiger partial charge is 0.360 e. The average Bonchev–Trinajstić information content (AvgIpc) is 2.77. The van der Waals surface area contributed by atoms with Crippen molar-refractivity contribution in [2.75, 3.05) is 20.0 Å². The molecule has 0 aliphatic rings. The summed E-state index contributed by atoms with van der Waals surface area (Å²) in [6.45, 7) is 0. The second-order valence-electron chi connectivity index (χ2n) is 4.29. The molecule has 0 aliphatic heterocycles. The summed E-state index contributed by atoms with van der Waals surface area (Å²) in [4.78, 5) is 20.1. The SMILES string of the molecule is COC(=O)c1nc2c3cc(OC)ccc3n(Cl)c2nc1N. The Kier molecular flexibility index (Phi) is 3.06. The monoisotopic (exact) mass is 306 g/mol. The topological polar surface area (TPSA) is 92.3 Å². The van der Waals surface area contributed by atoms with E-state index in [2.05, 4.69) is 14.7 Å². The molecule has 2 aromatic heterocycles. The molecule has 0 saturated carbocycles. The molecule has 1 aromatic carbocycles. The first kappa shape index (κ1) is 13.4. The second-order valence-corrected chi connectivity index (χ2v) is 4.62. The number of hydrogen-bond donors (Lipinski definition) is 1. The summed E-state index contributed by atoms with van der Waals surface area (Å²) in [5, 5.41) is 0.706. The standard InChI is InChI=1S/C13H11ClN4O3/c1-20-6-3-4-8-7(5-6)9-12(18(8)14)17-11(15)10(16-9)13(19)21-2/h3-5H,1-2H3,(H2,15,17). The van der Waals surface area contributed by atoms with Gasteiger partial charge in [0.1, 0.15) is 11.3 Å². The van der Waals surface area contributed by atoms with E-state index in [4.69, 9.17) is 22.2 Å². The Hall–Kier alpha value is -2.54. The van der Waals surface area contributed by atoms with Crippen molar-refractivity contribution in [1.82, 2.24) is 14.1 Å². The van der Waals surface area contributed by atoms with E-state index in [0.717, 1.165) is 0 Å². The van der Waals surface area contributed by atoms with Gasteiger partial charge in [-0.25, -0.2) is 18.8 Å². The number of methoxy groups -OCH3 is 2. The number of nitrogens with two attached hydrogens (primary N) is 1. The lowest BCUT2D eigenvalue weighted by Crippen LogP contribution is -2.10. The van der Waals surface area contributed by atoms with Crippen LogP contribution in [0.1, 0.15) is 10.5 Å². The number of hydrogen-bond acceptors (Lipinski definition) is 6. The number of nitrogens with zero attached hydrogens (tertiary/aromatic N) is 3. The molecule has 2 heterocycles. The van der Waals surface area contributed by atoms with Crippen molar-refractivity contribution < 1.29 is 14.3 Å². The average molecular weight is 307 g/mol. The van der Waals surface area contributed by atoms with E-state index in [1.165, 1.54) is 11.2 Å². The molecule has 0 atom stereocenters. The minimum absolute atomic E-state index is 0.0361. The van der Waals surface area contributed by atoms with Crippen LogP contribution in [0.5, 0.6) is 5.75 Å². The van der Waals surface area contributed by atoms with Crippen LogP contribution in [0.25, 0.3) is 22.1 Å². The number of benzene rings is 1. The van der Waals surface area contributed by atoms with E-state index in [1.807, 2.05) is 0 Å². The number of fused-ring (bicyclic) bond motifs is 3. The molecule has 0 aliphatic carbocycles. The second kappa shape index (κ2) is 4.78. The largest absolute Gasteiger partial charge is 0.497 e. The van der Waals surface area contributed by atoms with Gasteiger partial charge >= 0.3 is 5.97 Å². The summed E-state index contributed by atoms with van der Waals surface area (Å²) in [6.07, 6.45) is 0. The van der Waals surface area contributed by atoms with Gasteiger partial charge in [-0.2, -0.15) is 0 Å². The maximum absolute atomic E-state index is 11.7. The summed E-state index contributed by atoms with van der Waals surface area (Å²) < 4.78 is 11.2. The van der Waals surface area contributed by atoms with Gasteiger partial charge in [-0.15, -0.1) is 0 Å². The molecule has 0 fully saturated rings. The van der Waals surface area contributed by atoms with Crippen LogP contribution in [0.3, 0.4) is 0 Å². The Bertz CT molecular complexity index is 875. The third kappa shape index (κ3) is 1.93. The molecule has 21 heavy (non-hydrogen) atoms. The predicted octanol–water partition coefficient (Wildman–Crippen LogP) is 1.96. The zero-order valence-electron chi connectivity index (χ0n) is 11.3. The minimum atomic E-state index is -0.653. The van der Waals surface area contributed by atoms with Crippen LogP contribution in [-0.4, -0.2) is 34.2 Å². The Morgan fingerprint density at radius 2 is 2.10 bits per heavy atom. The van der Waals surface area contributed by atoms with Crippen LogP contribution in [0.15, 0.2) is 18.2 Å². The van der Waals surface area contributed by atoms with E-state index in [-0.39, 0.29) is 11.5 Å². The molecule has 0 saturated heterocycles. The molecule has 0 amide bonds. The van der Waals surface area contributed by atoms with E-state index in [9.17, 15) is 4.79 Å². The first-order valence-electron chi connectivity index (χ1n) is 5.97. The third-order valence-electron chi connectivity index (χ3n) is 3.14. The molecular weight excluding hydrogens is 296 g/mol. The fourth-order valence-electron chi connectivity index (χ4n) is 2.12. The van der Waals surface area contributed by atoms with Gasteiger partial charge in [0.05, 0.1) is 19.7 Å². The number of aromatic nitrogens is 3. The number of anilines is 1. The van der Waals surface area contributed by atoms with Gasteiger partial charge in [0.25, 0.3) is 0 Å². The number of halogens is 1. The first-order chi connectivity index (χ1) is 10.1. The lowest BCUT2D eigenvalue weighted by atomic mass is 10.2. The molecule has 0 radical (unpaired) electrons. The maximum atomic E-state index is 11.7. The highest BCUT2D eigenvalue weighted by Crippen LogP contribution is 2.31. The van der Waals surface area contributed by atoms with Crippen molar-refractivity contribution >= 4 is 45.6 Å². The van der Waals surface area contributed by atoms with Gasteiger partial charge in [0.15, 0.2) is 17.2 Å². The quantitative estimate of drug-likeness (QED) is 0.728. The Labute approximate surface area is 124 Å². The molecule has 3 rings (SSSR count). The van der Waals surface area contributed by atoms with E-state index in [0.29, 0.717) is 27.8 Å². The highest BCUT2D eigenvalue weighted by atomic mass is 35.5. The van der Waals surface area contributed by atoms with Crippen LogP contribution in [-0.2, 0) is 4.74 Å². The van der Waals surface area contributed by atoms with Crippen molar-refractivity contribution in [3.63, 3.8) is 0 Å². The van der Waals surface area contributed by atoms with Crippen molar-refractivity contribution in [1.29, 1.82) is 0 Å². The normalized spacial score (nSPS) is 11.0. The van der Waals surface area contributed by atoms with Gasteiger partial charge in [-0.05, 0) is 18.2 Å². The Morgan fingerprint density at radius 3 is 2.76 bits per heavy atom. The Balaban J connectivity index is 2.42. The van der Waals surface area contributed by atoms with Gasteiger partial charge in [0.2, 0.25) is 0 Å². The molecule has 8 heteroatoms. The number of esters is 1. The number of ether oxygens (including phenoxy) is 2. The summed E-state index contributed by atoms with van der Waals surface area (Å²) in [5.74, 6) is -0.0452. The van der Waals surface area contributed by atoms with Crippen LogP contribution in [0.4, 0.5) is 5.82 Å². The summed E-state index contributed by atoms with van der Waals surface area (Å²) in [6, 6.07) is 5.31. The number of carbonyl (C=O) groups is 1. The van der Waals surface area contributed by atoms with Crippen LogP contribution < -0.4 is 10.5 Å². The molecule has 7 nitrogen and oxygen atoms in total. The van der Waals surface area contributed by atoms with Gasteiger partial charge in [-0.1, -0.05) is 0 Å². The van der Waals surface area contributed by atoms with Crippen LogP contribution in [0, 0.1) is 0 Å². The Morgan fingerprint density at radius 1 is 1.33 bits per heavy atom. The molecule has 0 unspecified atom stereocenters. The third-order valence-corrected chi connectivity index (χ3v) is 3.48. The highest BCUT2D eigenvalue weighted by molar-refractivity contribution is 6.25. The van der Waals surface area contributed by atoms with Crippen molar-refractivity contribution in [3.05, 3.63) is 23.9 Å². The predicted molar refractivity (Wildman–Crippen MR) is 78.6 cm³/mol. The summed E-state index contributed by atoms with van der Waals surface area (Å²) in [5.41, 5.74) is 7.20. The molecule has 0 bridgehead atoms. The zero-order valence-corrected chi connectivity index (χ0v) is 12.0. The number of carbonyl (C=O) groups excluding carboxylic acids is 1. The van der Waals surface area contributed by atoms with Gasteiger partial charge < -0.3 is 15.2 Å². The van der Waals surface area contributed by atoms with Crippen LogP contribution >= 0.6 is 11.8 Å². The molecule has 3 aromatic rings. The molecule has 2 N–H and O–H groups in total. The maximum Gasteiger partial charge on any atom is 0.360 e.